The maximum absolute atomic E-state index is 3.78. The van der Waals surface area contributed by atoms with Crippen molar-refractivity contribution < 1.29 is 0 Å². The van der Waals surface area contributed by atoms with Crippen molar-refractivity contribution in [3.63, 3.8) is 0 Å². The molecule has 1 nitrogen and oxygen atoms in total. The number of hydrogen-bond donors (Lipinski definition) is 1. The summed E-state index contributed by atoms with van der Waals surface area (Å²) < 4.78 is 0. The molecule has 0 fully saturated rings. The standard InChI is InChI=1S/C15H33N/c1-8-10-13(3)11-12-15(6,7)16-14(4,5)9-2/h13,16H,8-12H2,1-7H3. The summed E-state index contributed by atoms with van der Waals surface area (Å²) in [4.78, 5) is 0. The van der Waals surface area contributed by atoms with Crippen LogP contribution in [0.2, 0.25) is 0 Å². The van der Waals surface area contributed by atoms with Gasteiger partial charge in [-0.1, -0.05) is 33.6 Å². The van der Waals surface area contributed by atoms with Crippen LogP contribution in [0.4, 0.5) is 0 Å². The number of nitrogens with one attached hydrogen (secondary N) is 1. The largest absolute Gasteiger partial charge is 0.307 e. The first-order valence-electron chi connectivity index (χ1n) is 7.02. The predicted octanol–water partition coefficient (Wildman–Crippen LogP) is 4.76. The van der Waals surface area contributed by atoms with Gasteiger partial charge in [-0.3, -0.25) is 0 Å². The fourth-order valence-corrected chi connectivity index (χ4v) is 2.31. The van der Waals surface area contributed by atoms with Gasteiger partial charge in [-0.25, -0.2) is 0 Å². The van der Waals surface area contributed by atoms with E-state index < -0.39 is 0 Å². The Morgan fingerprint density at radius 3 is 1.94 bits per heavy atom. The van der Waals surface area contributed by atoms with Crippen LogP contribution in [0.5, 0.6) is 0 Å². The predicted molar refractivity (Wildman–Crippen MR) is 74.9 cm³/mol. The maximum atomic E-state index is 3.78. The minimum Gasteiger partial charge on any atom is -0.307 e. The van der Waals surface area contributed by atoms with E-state index in [-0.39, 0.29) is 11.1 Å². The van der Waals surface area contributed by atoms with Crippen LogP contribution in [-0.2, 0) is 0 Å². The molecule has 1 heteroatoms. The Balaban J connectivity index is 4.04. The van der Waals surface area contributed by atoms with Crippen molar-refractivity contribution in [3.8, 4) is 0 Å². The third kappa shape index (κ3) is 7.27. The van der Waals surface area contributed by atoms with Gasteiger partial charge < -0.3 is 5.32 Å². The smallest absolute Gasteiger partial charge is 0.0130 e. The maximum Gasteiger partial charge on any atom is 0.0130 e. The molecule has 0 aliphatic rings. The van der Waals surface area contributed by atoms with Gasteiger partial charge in [-0.2, -0.15) is 0 Å². The fourth-order valence-electron chi connectivity index (χ4n) is 2.31. The van der Waals surface area contributed by atoms with E-state index in [4.69, 9.17) is 0 Å². The minimum atomic E-state index is 0.261. The summed E-state index contributed by atoms with van der Waals surface area (Å²) in [5.74, 6) is 0.871. The molecule has 0 aromatic rings. The lowest BCUT2D eigenvalue weighted by Gasteiger charge is -2.37. The number of hydrogen-bond acceptors (Lipinski definition) is 1. The Bertz CT molecular complexity index is 182. The van der Waals surface area contributed by atoms with E-state index in [9.17, 15) is 0 Å². The highest BCUT2D eigenvalue weighted by Crippen LogP contribution is 2.22. The van der Waals surface area contributed by atoms with Crippen molar-refractivity contribution in [1.29, 1.82) is 0 Å². The van der Waals surface area contributed by atoms with Crippen LogP contribution in [0.15, 0.2) is 0 Å². The van der Waals surface area contributed by atoms with Crippen LogP contribution < -0.4 is 5.32 Å². The van der Waals surface area contributed by atoms with Crippen molar-refractivity contribution in [2.75, 3.05) is 0 Å². The first-order chi connectivity index (χ1) is 7.22. The van der Waals surface area contributed by atoms with Crippen molar-refractivity contribution in [2.45, 2.75) is 91.6 Å². The average Bonchev–Trinajstić information content (AvgIpc) is 2.14. The normalized spacial score (nSPS) is 15.2. The molecule has 0 heterocycles. The summed E-state index contributed by atoms with van der Waals surface area (Å²) in [5, 5.41) is 3.78. The fraction of sp³-hybridized carbons (Fsp3) is 1.00. The SMILES string of the molecule is CCCC(C)CCC(C)(C)NC(C)(C)CC. The Hall–Kier alpha value is -0.0400. The lowest BCUT2D eigenvalue weighted by Crippen LogP contribution is -2.51. The summed E-state index contributed by atoms with van der Waals surface area (Å²) in [5.41, 5.74) is 0.527. The molecule has 0 amide bonds. The van der Waals surface area contributed by atoms with Crippen LogP contribution in [0, 0.1) is 5.92 Å². The van der Waals surface area contributed by atoms with E-state index in [2.05, 4.69) is 53.8 Å². The van der Waals surface area contributed by atoms with Crippen LogP contribution in [0.25, 0.3) is 0 Å². The molecule has 1 atom stereocenters. The van der Waals surface area contributed by atoms with Crippen LogP contribution >= 0.6 is 0 Å². The van der Waals surface area contributed by atoms with Crippen molar-refractivity contribution >= 4 is 0 Å². The van der Waals surface area contributed by atoms with Gasteiger partial charge in [-0.05, 0) is 52.9 Å². The van der Waals surface area contributed by atoms with Gasteiger partial charge in [0, 0.05) is 11.1 Å². The molecule has 0 saturated heterocycles. The van der Waals surface area contributed by atoms with Gasteiger partial charge in [-0.15, -0.1) is 0 Å². The van der Waals surface area contributed by atoms with Crippen molar-refractivity contribution in [2.24, 2.45) is 5.92 Å². The van der Waals surface area contributed by atoms with E-state index in [1.54, 1.807) is 0 Å². The van der Waals surface area contributed by atoms with Crippen LogP contribution in [0.1, 0.15) is 80.6 Å². The first-order valence-corrected chi connectivity index (χ1v) is 7.02. The second-order valence-electron chi connectivity index (χ2n) is 6.68. The highest BCUT2D eigenvalue weighted by molar-refractivity contribution is 4.87. The van der Waals surface area contributed by atoms with Gasteiger partial charge in [0.05, 0.1) is 0 Å². The average molecular weight is 227 g/mol. The highest BCUT2D eigenvalue weighted by atomic mass is 15.0. The topological polar surface area (TPSA) is 12.0 Å². The molecule has 98 valence electrons. The van der Waals surface area contributed by atoms with Gasteiger partial charge in [0.1, 0.15) is 0 Å². The molecule has 0 saturated carbocycles. The Morgan fingerprint density at radius 2 is 1.50 bits per heavy atom. The molecule has 0 bridgehead atoms. The van der Waals surface area contributed by atoms with E-state index in [0.29, 0.717) is 0 Å². The summed E-state index contributed by atoms with van der Waals surface area (Å²) in [6.45, 7) is 16.2. The van der Waals surface area contributed by atoms with Crippen molar-refractivity contribution in [3.05, 3.63) is 0 Å². The molecule has 1 unspecified atom stereocenters. The zero-order valence-corrected chi connectivity index (χ0v) is 12.6. The molecular formula is C15H33N. The highest BCUT2D eigenvalue weighted by Gasteiger charge is 2.26. The summed E-state index contributed by atoms with van der Waals surface area (Å²) in [7, 11) is 0. The lowest BCUT2D eigenvalue weighted by atomic mass is 9.88. The van der Waals surface area contributed by atoms with E-state index >= 15 is 0 Å². The quantitative estimate of drug-likeness (QED) is 0.630. The summed E-state index contributed by atoms with van der Waals surface area (Å²) >= 11 is 0. The van der Waals surface area contributed by atoms with Gasteiger partial charge in [0.25, 0.3) is 0 Å². The van der Waals surface area contributed by atoms with E-state index in [1.807, 2.05) is 0 Å². The summed E-state index contributed by atoms with van der Waals surface area (Å²) in [6, 6.07) is 0. The van der Waals surface area contributed by atoms with Gasteiger partial charge in [0.15, 0.2) is 0 Å². The van der Waals surface area contributed by atoms with Crippen LogP contribution in [0.3, 0.4) is 0 Å². The van der Waals surface area contributed by atoms with Gasteiger partial charge in [0.2, 0.25) is 0 Å². The number of rotatable bonds is 8. The molecular weight excluding hydrogens is 194 g/mol. The second-order valence-corrected chi connectivity index (χ2v) is 6.68. The van der Waals surface area contributed by atoms with E-state index in [0.717, 1.165) is 5.92 Å². The summed E-state index contributed by atoms with van der Waals surface area (Å²) in [6.07, 6.45) is 6.48. The van der Waals surface area contributed by atoms with E-state index in [1.165, 1.54) is 32.1 Å². The minimum absolute atomic E-state index is 0.261. The monoisotopic (exact) mass is 227 g/mol. The molecule has 0 spiro atoms. The molecule has 16 heavy (non-hydrogen) atoms. The zero-order chi connectivity index (χ0) is 12.8. The molecule has 0 aliphatic carbocycles. The first kappa shape index (κ1) is 16.0. The molecule has 1 N–H and O–H groups in total. The lowest BCUT2D eigenvalue weighted by molar-refractivity contribution is 0.231. The third-order valence-corrected chi connectivity index (χ3v) is 3.60. The third-order valence-electron chi connectivity index (χ3n) is 3.60. The zero-order valence-electron chi connectivity index (χ0n) is 12.6. The molecule has 0 aliphatic heterocycles. The molecule has 0 rings (SSSR count). The van der Waals surface area contributed by atoms with Gasteiger partial charge >= 0.3 is 0 Å². The Morgan fingerprint density at radius 1 is 0.938 bits per heavy atom. The van der Waals surface area contributed by atoms with Crippen LogP contribution in [-0.4, -0.2) is 11.1 Å². The van der Waals surface area contributed by atoms with Crippen molar-refractivity contribution in [1.82, 2.24) is 5.32 Å². The second kappa shape index (κ2) is 6.64. The molecule has 0 aromatic carbocycles. The Labute approximate surface area is 103 Å². The molecule has 0 aromatic heterocycles. The Kier molecular flexibility index (Phi) is 6.62. The molecule has 0 radical (unpaired) electrons.